The van der Waals surface area contributed by atoms with Gasteiger partial charge in [-0.2, -0.15) is 0 Å². The molecule has 0 bridgehead atoms. The van der Waals surface area contributed by atoms with Crippen LogP contribution in [0.5, 0.6) is 0 Å². The molecule has 5 heteroatoms. The normalized spacial score (nSPS) is 32.0. The molecule has 2 heterocycles. The molecule has 0 aromatic carbocycles. The number of carbonyl (C=O) groups is 2. The van der Waals surface area contributed by atoms with Gasteiger partial charge in [0.15, 0.2) is 0 Å². The summed E-state index contributed by atoms with van der Waals surface area (Å²) in [5.74, 6) is 0.0223. The fraction of sp³-hybridized carbons (Fsp3) is 0.875. The van der Waals surface area contributed by atoms with Gasteiger partial charge in [-0.1, -0.05) is 26.2 Å². The molecule has 0 radical (unpaired) electrons. The standard InChI is InChI=1S/C16H26N2O3/c1-2-5-13-15(20)18(11-14(19)17-13)10-12-6-9-16(21-12)7-3-4-8-16/h12-13H,2-11H2,1H3,(H,17,19). The van der Waals surface area contributed by atoms with Gasteiger partial charge in [0, 0.05) is 6.54 Å². The van der Waals surface area contributed by atoms with Crippen LogP contribution in [0.1, 0.15) is 58.3 Å². The molecule has 118 valence electrons. The predicted molar refractivity (Wildman–Crippen MR) is 78.7 cm³/mol. The second-order valence-corrected chi connectivity index (χ2v) is 6.80. The van der Waals surface area contributed by atoms with Crippen molar-refractivity contribution in [1.82, 2.24) is 10.2 Å². The van der Waals surface area contributed by atoms with E-state index in [0.29, 0.717) is 6.54 Å². The molecule has 1 saturated carbocycles. The van der Waals surface area contributed by atoms with Crippen LogP contribution in [0, 0.1) is 0 Å². The SMILES string of the molecule is CCCC1NC(=O)CN(CC2CCC3(CCCC3)O2)C1=O. The molecule has 21 heavy (non-hydrogen) atoms. The van der Waals surface area contributed by atoms with Crippen LogP contribution in [0.15, 0.2) is 0 Å². The Balaban J connectivity index is 1.59. The molecule has 2 saturated heterocycles. The molecule has 1 aliphatic carbocycles. The van der Waals surface area contributed by atoms with Gasteiger partial charge >= 0.3 is 0 Å². The zero-order valence-electron chi connectivity index (χ0n) is 12.9. The molecule has 2 aliphatic heterocycles. The largest absolute Gasteiger partial charge is 0.370 e. The van der Waals surface area contributed by atoms with Crippen molar-refractivity contribution in [3.05, 3.63) is 0 Å². The molecule has 3 rings (SSSR count). The first-order valence-corrected chi connectivity index (χ1v) is 8.38. The third-order valence-electron chi connectivity index (χ3n) is 5.13. The van der Waals surface area contributed by atoms with Crippen LogP contribution in [0.2, 0.25) is 0 Å². The fourth-order valence-corrected chi connectivity index (χ4v) is 4.07. The van der Waals surface area contributed by atoms with Gasteiger partial charge in [-0.05, 0) is 32.1 Å². The van der Waals surface area contributed by atoms with Gasteiger partial charge in [-0.25, -0.2) is 0 Å². The topological polar surface area (TPSA) is 58.6 Å². The summed E-state index contributed by atoms with van der Waals surface area (Å²) < 4.78 is 6.27. The van der Waals surface area contributed by atoms with Gasteiger partial charge in [0.1, 0.15) is 6.04 Å². The van der Waals surface area contributed by atoms with Crippen LogP contribution < -0.4 is 5.32 Å². The van der Waals surface area contributed by atoms with Gasteiger partial charge in [0.25, 0.3) is 0 Å². The quantitative estimate of drug-likeness (QED) is 0.857. The first-order chi connectivity index (χ1) is 10.1. The summed E-state index contributed by atoms with van der Waals surface area (Å²) in [6.45, 7) is 2.79. The summed E-state index contributed by atoms with van der Waals surface area (Å²) in [7, 11) is 0. The Morgan fingerprint density at radius 3 is 2.76 bits per heavy atom. The Morgan fingerprint density at radius 1 is 1.29 bits per heavy atom. The minimum atomic E-state index is -0.335. The average molecular weight is 294 g/mol. The summed E-state index contributed by atoms with van der Waals surface area (Å²) in [5, 5.41) is 2.80. The summed E-state index contributed by atoms with van der Waals surface area (Å²) in [6.07, 6.45) is 8.71. The van der Waals surface area contributed by atoms with Gasteiger partial charge < -0.3 is 15.0 Å². The molecule has 3 aliphatic rings. The van der Waals surface area contributed by atoms with Crippen molar-refractivity contribution in [3.8, 4) is 0 Å². The molecule has 0 aromatic heterocycles. The van der Waals surface area contributed by atoms with Crippen molar-refractivity contribution >= 4 is 11.8 Å². The van der Waals surface area contributed by atoms with E-state index in [1.807, 2.05) is 6.92 Å². The van der Waals surface area contributed by atoms with Crippen molar-refractivity contribution in [2.24, 2.45) is 0 Å². The van der Waals surface area contributed by atoms with Crippen LogP contribution >= 0.6 is 0 Å². The third-order valence-corrected chi connectivity index (χ3v) is 5.13. The highest BCUT2D eigenvalue weighted by Crippen LogP contribution is 2.43. The lowest BCUT2D eigenvalue weighted by molar-refractivity contribution is -0.147. The van der Waals surface area contributed by atoms with Gasteiger partial charge in [-0.3, -0.25) is 9.59 Å². The molecular weight excluding hydrogens is 268 g/mol. The lowest BCUT2D eigenvalue weighted by Crippen LogP contribution is -2.59. The van der Waals surface area contributed by atoms with E-state index in [9.17, 15) is 9.59 Å². The number of carbonyl (C=O) groups excluding carboxylic acids is 2. The van der Waals surface area contributed by atoms with E-state index in [1.165, 1.54) is 12.8 Å². The monoisotopic (exact) mass is 294 g/mol. The van der Waals surface area contributed by atoms with Crippen molar-refractivity contribution in [1.29, 1.82) is 0 Å². The molecule has 1 spiro atoms. The molecule has 2 atom stereocenters. The average Bonchev–Trinajstić information content (AvgIpc) is 3.06. The molecule has 0 aromatic rings. The van der Waals surface area contributed by atoms with Crippen LogP contribution in [0.3, 0.4) is 0 Å². The van der Waals surface area contributed by atoms with E-state index < -0.39 is 0 Å². The number of hydrogen-bond donors (Lipinski definition) is 1. The van der Waals surface area contributed by atoms with E-state index in [2.05, 4.69) is 5.32 Å². The summed E-state index contributed by atoms with van der Waals surface area (Å²) >= 11 is 0. The van der Waals surface area contributed by atoms with Gasteiger partial charge in [0.2, 0.25) is 11.8 Å². The van der Waals surface area contributed by atoms with Gasteiger partial charge in [-0.15, -0.1) is 0 Å². The van der Waals surface area contributed by atoms with E-state index >= 15 is 0 Å². The Morgan fingerprint density at radius 2 is 2.05 bits per heavy atom. The zero-order chi connectivity index (χ0) is 14.9. The Labute approximate surface area is 126 Å². The van der Waals surface area contributed by atoms with Crippen molar-refractivity contribution in [2.45, 2.75) is 76.0 Å². The Kier molecular flexibility index (Phi) is 4.20. The maximum absolute atomic E-state index is 12.4. The smallest absolute Gasteiger partial charge is 0.245 e. The van der Waals surface area contributed by atoms with Crippen LogP contribution in [-0.4, -0.2) is 47.6 Å². The summed E-state index contributed by atoms with van der Waals surface area (Å²) in [6, 6.07) is -0.335. The lowest BCUT2D eigenvalue weighted by Gasteiger charge is -2.34. The van der Waals surface area contributed by atoms with Crippen molar-refractivity contribution in [2.75, 3.05) is 13.1 Å². The highest BCUT2D eigenvalue weighted by Gasteiger charge is 2.43. The van der Waals surface area contributed by atoms with E-state index in [4.69, 9.17) is 4.74 Å². The second-order valence-electron chi connectivity index (χ2n) is 6.80. The number of rotatable bonds is 4. The number of nitrogens with one attached hydrogen (secondary N) is 1. The van der Waals surface area contributed by atoms with Crippen LogP contribution in [0.25, 0.3) is 0 Å². The predicted octanol–water partition coefficient (Wildman–Crippen LogP) is 1.61. The first-order valence-electron chi connectivity index (χ1n) is 8.38. The maximum atomic E-state index is 12.4. The minimum absolute atomic E-state index is 0.0402. The first kappa shape index (κ1) is 14.8. The number of ether oxygens (including phenoxy) is 1. The Hall–Kier alpha value is -1.10. The highest BCUT2D eigenvalue weighted by molar-refractivity contribution is 5.94. The third kappa shape index (κ3) is 3.07. The zero-order valence-corrected chi connectivity index (χ0v) is 12.9. The van der Waals surface area contributed by atoms with E-state index in [0.717, 1.165) is 38.5 Å². The number of nitrogens with zero attached hydrogens (tertiary/aromatic N) is 1. The molecule has 2 unspecified atom stereocenters. The molecule has 3 fully saturated rings. The van der Waals surface area contributed by atoms with Crippen molar-refractivity contribution in [3.63, 3.8) is 0 Å². The number of hydrogen-bond acceptors (Lipinski definition) is 3. The molecule has 1 N–H and O–H groups in total. The van der Waals surface area contributed by atoms with Crippen LogP contribution in [0.4, 0.5) is 0 Å². The van der Waals surface area contributed by atoms with E-state index in [-0.39, 0.29) is 36.1 Å². The number of piperazine rings is 1. The molecular formula is C16H26N2O3. The summed E-state index contributed by atoms with van der Waals surface area (Å²) in [5.41, 5.74) is 0.0918. The minimum Gasteiger partial charge on any atom is -0.370 e. The Bertz CT molecular complexity index is 418. The summed E-state index contributed by atoms with van der Waals surface area (Å²) in [4.78, 5) is 25.9. The van der Waals surface area contributed by atoms with Gasteiger partial charge in [0.05, 0.1) is 18.2 Å². The van der Waals surface area contributed by atoms with Crippen LogP contribution in [-0.2, 0) is 14.3 Å². The second kappa shape index (κ2) is 5.95. The van der Waals surface area contributed by atoms with E-state index in [1.54, 1.807) is 4.90 Å². The molecule has 5 nitrogen and oxygen atoms in total. The van der Waals surface area contributed by atoms with Crippen molar-refractivity contribution < 1.29 is 14.3 Å². The highest BCUT2D eigenvalue weighted by atomic mass is 16.5. The maximum Gasteiger partial charge on any atom is 0.245 e. The lowest BCUT2D eigenvalue weighted by atomic mass is 9.98. The number of amides is 2. The fourth-order valence-electron chi connectivity index (χ4n) is 4.07. The molecule has 2 amide bonds.